The minimum Gasteiger partial charge on any atom is -0.198 e. The molecule has 1 aromatic rings. The lowest BCUT2D eigenvalue weighted by atomic mass is 10.0. The summed E-state index contributed by atoms with van der Waals surface area (Å²) in [7, 11) is 0. The highest BCUT2D eigenvalue weighted by molar-refractivity contribution is 9.09. The maximum atomic E-state index is 8.81. The van der Waals surface area contributed by atoms with Crippen molar-refractivity contribution < 1.29 is 0 Å². The van der Waals surface area contributed by atoms with Crippen molar-refractivity contribution in [1.29, 1.82) is 5.26 Å². The second kappa shape index (κ2) is 5.38. The highest BCUT2D eigenvalue weighted by Gasteiger charge is 2.07. The van der Waals surface area contributed by atoms with Gasteiger partial charge in [-0.15, -0.1) is 0 Å². The summed E-state index contributed by atoms with van der Waals surface area (Å²) in [5, 5.41) is 10.3. The van der Waals surface area contributed by atoms with Gasteiger partial charge in [-0.1, -0.05) is 39.7 Å². The van der Waals surface area contributed by atoms with Crippen molar-refractivity contribution in [2.75, 3.05) is 5.33 Å². The Labute approximate surface area is 97.8 Å². The second-order valence-electron chi connectivity index (χ2n) is 3.27. The van der Waals surface area contributed by atoms with Crippen LogP contribution in [0.25, 0.3) is 0 Å². The van der Waals surface area contributed by atoms with E-state index in [2.05, 4.69) is 22.0 Å². The summed E-state index contributed by atoms with van der Waals surface area (Å²) in [6, 6.07) is 8.15. The van der Waals surface area contributed by atoms with Crippen molar-refractivity contribution in [3.05, 3.63) is 34.3 Å². The van der Waals surface area contributed by atoms with Gasteiger partial charge in [0.05, 0.1) is 12.0 Å². The number of rotatable bonds is 3. The monoisotopic (exact) mass is 271 g/mol. The fourth-order valence-corrected chi connectivity index (χ4v) is 1.74. The molecule has 1 nitrogen and oxygen atoms in total. The topological polar surface area (TPSA) is 23.8 Å². The molecule has 1 atom stereocenters. The Kier molecular flexibility index (Phi) is 4.44. The molecule has 3 heteroatoms. The molecule has 1 unspecified atom stereocenters. The van der Waals surface area contributed by atoms with E-state index >= 15 is 0 Å². The molecule has 0 aliphatic heterocycles. The van der Waals surface area contributed by atoms with Crippen LogP contribution in [0.2, 0.25) is 5.02 Å². The van der Waals surface area contributed by atoms with E-state index in [1.54, 1.807) is 0 Å². The first-order valence-electron chi connectivity index (χ1n) is 4.38. The summed E-state index contributed by atoms with van der Waals surface area (Å²) in [6.45, 7) is 1.97. The zero-order chi connectivity index (χ0) is 10.6. The molecule has 0 saturated carbocycles. The largest absolute Gasteiger partial charge is 0.198 e. The van der Waals surface area contributed by atoms with E-state index in [0.29, 0.717) is 5.33 Å². The summed E-state index contributed by atoms with van der Waals surface area (Å²) in [5.41, 5.74) is 2.23. The first-order chi connectivity index (χ1) is 6.67. The number of nitrogens with zero attached hydrogens (tertiary/aromatic N) is 1. The predicted octanol–water partition coefficient (Wildman–Crippen LogP) is 3.73. The summed E-state index contributed by atoms with van der Waals surface area (Å²) >= 11 is 9.23. The van der Waals surface area contributed by atoms with Crippen molar-refractivity contribution in [3.8, 4) is 6.07 Å². The fourth-order valence-electron chi connectivity index (χ4n) is 1.25. The molecule has 0 aliphatic rings. The number of hydrogen-bond acceptors (Lipinski definition) is 1. The third kappa shape index (κ3) is 3.01. The Hall–Kier alpha value is -0.520. The molecule has 1 rings (SSSR count). The third-order valence-corrected chi connectivity index (χ3v) is 3.28. The van der Waals surface area contributed by atoms with E-state index in [9.17, 15) is 0 Å². The Morgan fingerprint density at radius 2 is 2.29 bits per heavy atom. The van der Waals surface area contributed by atoms with Crippen LogP contribution >= 0.6 is 27.5 Å². The molecule has 0 aliphatic carbocycles. The molecule has 1 aromatic carbocycles. The molecule has 0 N–H and O–H groups in total. The summed E-state index contributed by atoms with van der Waals surface area (Å²) in [5.74, 6) is 0.0376. The highest BCUT2D eigenvalue weighted by atomic mass is 79.9. The van der Waals surface area contributed by atoms with Crippen LogP contribution in [-0.4, -0.2) is 5.33 Å². The molecular weight excluding hydrogens is 261 g/mol. The van der Waals surface area contributed by atoms with Crippen LogP contribution < -0.4 is 0 Å². The lowest BCUT2D eigenvalue weighted by Crippen LogP contribution is -2.03. The molecule has 0 amide bonds. The van der Waals surface area contributed by atoms with Crippen LogP contribution in [0.5, 0.6) is 0 Å². The van der Waals surface area contributed by atoms with Crippen LogP contribution in [-0.2, 0) is 6.42 Å². The Bertz CT molecular complexity index is 357. The zero-order valence-corrected chi connectivity index (χ0v) is 10.3. The third-order valence-electron chi connectivity index (χ3n) is 2.07. The first kappa shape index (κ1) is 11.6. The van der Waals surface area contributed by atoms with Gasteiger partial charge in [0.25, 0.3) is 0 Å². The van der Waals surface area contributed by atoms with Gasteiger partial charge in [-0.2, -0.15) is 5.26 Å². The van der Waals surface area contributed by atoms with Gasteiger partial charge in [-0.05, 0) is 30.5 Å². The molecule has 0 aromatic heterocycles. The van der Waals surface area contributed by atoms with Crippen molar-refractivity contribution in [2.24, 2.45) is 5.92 Å². The Morgan fingerprint density at radius 3 is 2.79 bits per heavy atom. The van der Waals surface area contributed by atoms with E-state index in [-0.39, 0.29) is 5.92 Å². The lowest BCUT2D eigenvalue weighted by molar-refractivity contribution is 0.755. The number of nitriles is 1. The fraction of sp³-hybridized carbons (Fsp3) is 0.364. The molecule has 0 bridgehead atoms. The summed E-state index contributed by atoms with van der Waals surface area (Å²) in [4.78, 5) is 0. The van der Waals surface area contributed by atoms with Crippen molar-refractivity contribution in [1.82, 2.24) is 0 Å². The van der Waals surface area contributed by atoms with Crippen LogP contribution in [0.4, 0.5) is 0 Å². The van der Waals surface area contributed by atoms with Crippen LogP contribution in [0.1, 0.15) is 11.1 Å². The van der Waals surface area contributed by atoms with E-state index in [1.165, 1.54) is 0 Å². The van der Waals surface area contributed by atoms with E-state index in [0.717, 1.165) is 22.6 Å². The first-order valence-corrected chi connectivity index (χ1v) is 5.88. The minimum atomic E-state index is 0.0376. The molecule has 0 fully saturated rings. The number of aryl methyl sites for hydroxylation is 1. The molecule has 14 heavy (non-hydrogen) atoms. The average molecular weight is 273 g/mol. The highest BCUT2D eigenvalue weighted by Crippen LogP contribution is 2.18. The zero-order valence-electron chi connectivity index (χ0n) is 7.93. The predicted molar refractivity (Wildman–Crippen MR) is 62.8 cm³/mol. The molecule has 0 heterocycles. The molecule has 0 radical (unpaired) electrons. The van der Waals surface area contributed by atoms with Gasteiger partial charge >= 0.3 is 0 Å². The van der Waals surface area contributed by atoms with Crippen LogP contribution in [0, 0.1) is 24.2 Å². The van der Waals surface area contributed by atoms with Gasteiger partial charge in [0.2, 0.25) is 0 Å². The van der Waals surface area contributed by atoms with E-state index < -0.39 is 0 Å². The van der Waals surface area contributed by atoms with Crippen LogP contribution in [0.15, 0.2) is 18.2 Å². The maximum absolute atomic E-state index is 8.81. The van der Waals surface area contributed by atoms with E-state index in [1.807, 2.05) is 25.1 Å². The molecule has 74 valence electrons. The molecular formula is C11H11BrClN. The van der Waals surface area contributed by atoms with Gasteiger partial charge in [-0.3, -0.25) is 0 Å². The van der Waals surface area contributed by atoms with Crippen LogP contribution in [0.3, 0.4) is 0 Å². The van der Waals surface area contributed by atoms with Crippen molar-refractivity contribution in [2.45, 2.75) is 13.3 Å². The summed E-state index contributed by atoms with van der Waals surface area (Å²) in [6.07, 6.45) is 0.778. The molecule has 0 saturated heterocycles. The van der Waals surface area contributed by atoms with Gasteiger partial charge in [0, 0.05) is 10.4 Å². The second-order valence-corrected chi connectivity index (χ2v) is 4.32. The maximum Gasteiger partial charge on any atom is 0.0668 e. The minimum absolute atomic E-state index is 0.0376. The van der Waals surface area contributed by atoms with E-state index in [4.69, 9.17) is 16.9 Å². The van der Waals surface area contributed by atoms with Gasteiger partial charge in [0.1, 0.15) is 0 Å². The van der Waals surface area contributed by atoms with Gasteiger partial charge in [0.15, 0.2) is 0 Å². The van der Waals surface area contributed by atoms with Gasteiger partial charge < -0.3 is 0 Å². The normalized spacial score (nSPS) is 12.1. The Morgan fingerprint density at radius 1 is 1.57 bits per heavy atom. The van der Waals surface area contributed by atoms with Crippen molar-refractivity contribution in [3.63, 3.8) is 0 Å². The number of halogens is 2. The quantitative estimate of drug-likeness (QED) is 0.769. The standard InChI is InChI=1S/C11H11BrClN/c1-8-4-9(2-3-11(8)13)5-10(6-12)7-14/h2-4,10H,5-6H2,1H3. The molecule has 0 spiro atoms. The number of alkyl halides is 1. The average Bonchev–Trinajstić information content (AvgIpc) is 2.19. The lowest BCUT2D eigenvalue weighted by Gasteiger charge is -2.06. The number of benzene rings is 1. The smallest absolute Gasteiger partial charge is 0.0668 e. The number of hydrogen-bond donors (Lipinski definition) is 0. The SMILES string of the molecule is Cc1cc(CC(C#N)CBr)ccc1Cl. The van der Waals surface area contributed by atoms with Crippen molar-refractivity contribution >= 4 is 27.5 Å². The summed E-state index contributed by atoms with van der Waals surface area (Å²) < 4.78 is 0. The van der Waals surface area contributed by atoms with Gasteiger partial charge in [-0.25, -0.2) is 0 Å². The Balaban J connectivity index is 2.78.